The van der Waals surface area contributed by atoms with Crippen molar-refractivity contribution in [2.45, 2.75) is 37.2 Å². The summed E-state index contributed by atoms with van der Waals surface area (Å²) in [7, 11) is -3.84. The third kappa shape index (κ3) is 5.09. The van der Waals surface area contributed by atoms with Gasteiger partial charge in [0.1, 0.15) is 6.04 Å². The van der Waals surface area contributed by atoms with E-state index in [0.29, 0.717) is 29.4 Å². The molecule has 3 aromatic carbocycles. The van der Waals surface area contributed by atoms with Crippen molar-refractivity contribution in [3.63, 3.8) is 0 Å². The Hall–Kier alpha value is -3.17. The first kappa shape index (κ1) is 26.4. The fourth-order valence-corrected chi connectivity index (χ4v) is 6.87. The number of amides is 1. The Kier molecular flexibility index (Phi) is 7.59. The van der Waals surface area contributed by atoms with Crippen molar-refractivity contribution in [2.24, 2.45) is 5.10 Å². The Bertz CT molecular complexity index is 1630. The molecule has 7 nitrogen and oxygen atoms in total. The largest absolute Gasteiger partial charge is 0.340 e. The molecular formula is C28H26Cl2N4O3S. The fraction of sp³-hybridized carbons (Fsp3) is 0.214. The molecule has 1 amide bonds. The van der Waals surface area contributed by atoms with E-state index in [1.165, 1.54) is 28.6 Å². The van der Waals surface area contributed by atoms with E-state index in [2.05, 4.69) is 15.1 Å². The van der Waals surface area contributed by atoms with Crippen LogP contribution in [0.4, 0.5) is 0 Å². The third-order valence-corrected chi connectivity index (χ3v) is 9.40. The maximum Gasteiger partial charge on any atom is 0.258 e. The second-order valence-corrected chi connectivity index (χ2v) is 11.9. The lowest BCUT2D eigenvalue weighted by molar-refractivity contribution is -0.124. The summed E-state index contributed by atoms with van der Waals surface area (Å²) in [5.74, 6) is -0.464. The number of rotatable bonds is 7. The van der Waals surface area contributed by atoms with Crippen LogP contribution < -0.4 is 5.43 Å². The number of aromatic nitrogens is 1. The Labute approximate surface area is 231 Å². The van der Waals surface area contributed by atoms with Gasteiger partial charge in [0.2, 0.25) is 10.0 Å². The molecule has 0 spiro atoms. The molecule has 1 fully saturated rings. The number of hydrogen-bond donors (Lipinski definition) is 1. The summed E-state index contributed by atoms with van der Waals surface area (Å²) < 4.78 is 29.8. The second-order valence-electron chi connectivity index (χ2n) is 9.16. The summed E-state index contributed by atoms with van der Waals surface area (Å²) in [6.45, 7) is 2.85. The average molecular weight is 570 g/mol. The highest BCUT2D eigenvalue weighted by Crippen LogP contribution is 2.28. The highest BCUT2D eigenvalue weighted by atomic mass is 35.5. The smallest absolute Gasteiger partial charge is 0.258 e. The zero-order valence-corrected chi connectivity index (χ0v) is 23.0. The molecule has 5 rings (SSSR count). The molecule has 1 saturated heterocycles. The summed E-state index contributed by atoms with van der Waals surface area (Å²) in [5.41, 5.74) is 6.42. The molecule has 1 aliphatic rings. The van der Waals surface area contributed by atoms with Gasteiger partial charge in [0.25, 0.3) is 5.91 Å². The van der Waals surface area contributed by atoms with Gasteiger partial charge >= 0.3 is 0 Å². The molecule has 10 heteroatoms. The Morgan fingerprint density at radius 3 is 2.53 bits per heavy atom. The number of nitrogens with one attached hydrogen (secondary N) is 1. The van der Waals surface area contributed by atoms with Crippen LogP contribution in [0.15, 0.2) is 82.8 Å². The number of halogens is 2. The molecule has 0 unspecified atom stereocenters. The molecule has 196 valence electrons. The van der Waals surface area contributed by atoms with Gasteiger partial charge in [-0.05, 0) is 61.7 Å². The molecule has 1 aromatic heterocycles. The van der Waals surface area contributed by atoms with E-state index in [1.54, 1.807) is 6.21 Å². The number of benzene rings is 3. The Morgan fingerprint density at radius 2 is 1.76 bits per heavy atom. The number of fused-ring (bicyclic) bond motifs is 1. The van der Waals surface area contributed by atoms with Crippen LogP contribution in [0.1, 0.15) is 29.7 Å². The minimum Gasteiger partial charge on any atom is -0.340 e. The number of sulfonamides is 1. The molecule has 4 aromatic rings. The van der Waals surface area contributed by atoms with E-state index < -0.39 is 22.0 Å². The van der Waals surface area contributed by atoms with E-state index in [0.717, 1.165) is 27.7 Å². The average Bonchev–Trinajstić information content (AvgIpc) is 3.51. The van der Waals surface area contributed by atoms with Crippen LogP contribution in [0.3, 0.4) is 0 Å². The van der Waals surface area contributed by atoms with Crippen LogP contribution in [0.2, 0.25) is 10.0 Å². The molecule has 0 radical (unpaired) electrons. The van der Waals surface area contributed by atoms with Crippen LogP contribution in [0, 0.1) is 6.92 Å². The molecule has 1 aliphatic heterocycles. The Morgan fingerprint density at radius 1 is 1.05 bits per heavy atom. The van der Waals surface area contributed by atoms with Crippen LogP contribution >= 0.6 is 23.2 Å². The van der Waals surface area contributed by atoms with Crippen molar-refractivity contribution < 1.29 is 13.2 Å². The molecule has 1 atom stereocenters. The Balaban J connectivity index is 1.37. The van der Waals surface area contributed by atoms with Gasteiger partial charge in [0, 0.05) is 45.3 Å². The van der Waals surface area contributed by atoms with Crippen LogP contribution in [0.25, 0.3) is 10.9 Å². The zero-order valence-electron chi connectivity index (χ0n) is 20.6. The summed E-state index contributed by atoms with van der Waals surface area (Å²) in [4.78, 5) is 13.1. The van der Waals surface area contributed by atoms with Crippen molar-refractivity contribution in [1.29, 1.82) is 0 Å². The van der Waals surface area contributed by atoms with Crippen molar-refractivity contribution in [2.75, 3.05) is 6.54 Å². The van der Waals surface area contributed by atoms with Gasteiger partial charge in [-0.3, -0.25) is 4.79 Å². The SMILES string of the molecule is Cc1c(/C=N\NC(=O)[C@@H]2CCCN2S(=O)(=O)c2ccc(Cl)cc2)c2ccccc2n1Cc1ccccc1Cl. The molecule has 2 heterocycles. The van der Waals surface area contributed by atoms with Gasteiger partial charge in [-0.25, -0.2) is 13.8 Å². The van der Waals surface area contributed by atoms with E-state index >= 15 is 0 Å². The number of para-hydroxylation sites is 1. The predicted octanol–water partition coefficient (Wildman–Crippen LogP) is 5.61. The number of nitrogens with zero attached hydrogens (tertiary/aromatic N) is 3. The minimum absolute atomic E-state index is 0.104. The van der Waals surface area contributed by atoms with Gasteiger partial charge in [-0.15, -0.1) is 0 Å². The standard InChI is InChI=1S/C28H26Cl2N4O3S/c1-19-24(23-8-3-5-10-26(23)33(19)18-20-7-2-4-9-25(20)30)17-31-32-28(35)27-11-6-16-34(27)38(36,37)22-14-12-21(29)13-15-22/h2-5,7-10,12-15,17,27H,6,11,16,18H2,1H3,(H,32,35)/b31-17-/t27-/m0/s1. The van der Waals surface area contributed by atoms with Crippen molar-refractivity contribution in [1.82, 2.24) is 14.3 Å². The number of hydrazone groups is 1. The van der Waals surface area contributed by atoms with Gasteiger partial charge in [0.05, 0.1) is 11.1 Å². The molecule has 0 bridgehead atoms. The highest BCUT2D eigenvalue weighted by molar-refractivity contribution is 7.89. The summed E-state index contributed by atoms with van der Waals surface area (Å²) in [6.07, 6.45) is 2.62. The van der Waals surface area contributed by atoms with Crippen LogP contribution in [-0.4, -0.2) is 42.0 Å². The van der Waals surface area contributed by atoms with Gasteiger partial charge in [-0.1, -0.05) is 59.6 Å². The fourth-order valence-electron chi connectivity index (χ4n) is 4.89. The third-order valence-electron chi connectivity index (χ3n) is 6.86. The van der Waals surface area contributed by atoms with Crippen LogP contribution in [0.5, 0.6) is 0 Å². The van der Waals surface area contributed by atoms with Gasteiger partial charge < -0.3 is 4.57 Å². The number of hydrogen-bond acceptors (Lipinski definition) is 4. The van der Waals surface area contributed by atoms with E-state index in [4.69, 9.17) is 23.2 Å². The first-order chi connectivity index (χ1) is 18.3. The van der Waals surface area contributed by atoms with E-state index in [9.17, 15) is 13.2 Å². The summed E-state index contributed by atoms with van der Waals surface area (Å²) >= 11 is 12.3. The molecular weight excluding hydrogens is 543 g/mol. The normalized spacial score (nSPS) is 16.4. The lowest BCUT2D eigenvalue weighted by Crippen LogP contribution is -2.44. The topological polar surface area (TPSA) is 83.8 Å². The first-order valence-electron chi connectivity index (χ1n) is 12.2. The summed E-state index contributed by atoms with van der Waals surface area (Å²) in [6, 6.07) is 20.8. The van der Waals surface area contributed by atoms with Crippen molar-refractivity contribution in [3.05, 3.63) is 99.7 Å². The highest BCUT2D eigenvalue weighted by Gasteiger charge is 2.39. The van der Waals surface area contributed by atoms with E-state index in [-0.39, 0.29) is 11.4 Å². The minimum atomic E-state index is -3.84. The molecule has 0 saturated carbocycles. The maximum absolute atomic E-state index is 13.2. The molecule has 0 aliphatic carbocycles. The molecule has 38 heavy (non-hydrogen) atoms. The monoisotopic (exact) mass is 568 g/mol. The zero-order chi connectivity index (χ0) is 26.9. The van der Waals surface area contributed by atoms with Gasteiger partial charge in [0.15, 0.2) is 0 Å². The van der Waals surface area contributed by atoms with Crippen LogP contribution in [-0.2, 0) is 21.4 Å². The lowest BCUT2D eigenvalue weighted by atomic mass is 10.1. The van der Waals surface area contributed by atoms with Gasteiger partial charge in [-0.2, -0.15) is 9.41 Å². The summed E-state index contributed by atoms with van der Waals surface area (Å²) in [5, 5.41) is 6.36. The first-order valence-corrected chi connectivity index (χ1v) is 14.4. The quantitative estimate of drug-likeness (QED) is 0.232. The number of carbonyl (C=O) groups excluding carboxylic acids is 1. The number of carbonyl (C=O) groups is 1. The van der Waals surface area contributed by atoms with Crippen molar-refractivity contribution in [3.8, 4) is 0 Å². The molecule has 1 N–H and O–H groups in total. The predicted molar refractivity (Wildman–Crippen MR) is 151 cm³/mol. The van der Waals surface area contributed by atoms with Crippen molar-refractivity contribution >= 4 is 56.2 Å². The second kappa shape index (κ2) is 10.9. The lowest BCUT2D eigenvalue weighted by Gasteiger charge is -2.22. The van der Waals surface area contributed by atoms with E-state index in [1.807, 2.05) is 55.5 Å². The maximum atomic E-state index is 13.2.